The predicted molar refractivity (Wildman–Crippen MR) is 89.8 cm³/mol. The third kappa shape index (κ3) is 2.41. The Bertz CT molecular complexity index is 521. The quantitative estimate of drug-likeness (QED) is 0.829. The summed E-state index contributed by atoms with van der Waals surface area (Å²) >= 11 is 0. The molecule has 4 rings (SSSR count). The highest BCUT2D eigenvalue weighted by atomic mass is 16.5. The Balaban J connectivity index is 1.47. The maximum Gasteiger partial charge on any atom is 0.165 e. The molecule has 118 valence electrons. The van der Waals surface area contributed by atoms with Crippen molar-refractivity contribution in [3.63, 3.8) is 0 Å². The van der Waals surface area contributed by atoms with Crippen LogP contribution in [0.3, 0.4) is 0 Å². The van der Waals surface area contributed by atoms with Gasteiger partial charge in [-0.2, -0.15) is 0 Å². The van der Waals surface area contributed by atoms with Crippen molar-refractivity contribution in [3.05, 3.63) is 42.7 Å². The van der Waals surface area contributed by atoms with E-state index in [-0.39, 0.29) is 5.72 Å². The molecule has 0 bridgehead atoms. The van der Waals surface area contributed by atoms with Gasteiger partial charge in [0.25, 0.3) is 0 Å². The number of nitrogens with zero attached hydrogens (tertiary/aromatic N) is 2. The highest BCUT2D eigenvalue weighted by Gasteiger charge is 2.48. The molecule has 3 nitrogen and oxygen atoms in total. The van der Waals surface area contributed by atoms with Gasteiger partial charge in [0.1, 0.15) is 0 Å². The van der Waals surface area contributed by atoms with Crippen molar-refractivity contribution in [1.29, 1.82) is 0 Å². The number of para-hydroxylation sites is 1. The van der Waals surface area contributed by atoms with Crippen molar-refractivity contribution >= 4 is 5.69 Å². The SMILES string of the molecule is C1=CO[C@@]2(N3CCN(c4ccccc4)CC3)CCCC[C@@H]2C1. The second-order valence-electron chi connectivity index (χ2n) is 6.82. The number of rotatable bonds is 2. The summed E-state index contributed by atoms with van der Waals surface area (Å²) in [4.78, 5) is 5.14. The van der Waals surface area contributed by atoms with E-state index >= 15 is 0 Å². The van der Waals surface area contributed by atoms with Crippen molar-refractivity contribution in [2.24, 2.45) is 5.92 Å². The van der Waals surface area contributed by atoms with Gasteiger partial charge in [-0.25, -0.2) is 0 Å². The van der Waals surface area contributed by atoms with Crippen LogP contribution in [0, 0.1) is 5.92 Å². The number of anilines is 1. The van der Waals surface area contributed by atoms with Crippen LogP contribution in [0.5, 0.6) is 0 Å². The Morgan fingerprint density at radius 2 is 1.82 bits per heavy atom. The van der Waals surface area contributed by atoms with Crippen LogP contribution in [0.1, 0.15) is 32.1 Å². The zero-order chi connectivity index (χ0) is 14.8. The van der Waals surface area contributed by atoms with Crippen molar-refractivity contribution < 1.29 is 4.74 Å². The molecule has 3 aliphatic rings. The van der Waals surface area contributed by atoms with Gasteiger partial charge in [-0.3, -0.25) is 4.90 Å². The largest absolute Gasteiger partial charge is 0.480 e. The number of fused-ring (bicyclic) bond motifs is 1. The first-order valence-corrected chi connectivity index (χ1v) is 8.76. The van der Waals surface area contributed by atoms with Gasteiger partial charge in [-0.15, -0.1) is 0 Å². The second kappa shape index (κ2) is 5.96. The monoisotopic (exact) mass is 298 g/mol. The third-order valence-electron chi connectivity index (χ3n) is 5.70. The molecule has 2 fully saturated rings. The van der Waals surface area contributed by atoms with Crippen LogP contribution < -0.4 is 4.90 Å². The highest BCUT2D eigenvalue weighted by molar-refractivity contribution is 5.46. The molecule has 1 aromatic carbocycles. The molecule has 2 aliphatic heterocycles. The molecule has 2 heterocycles. The van der Waals surface area contributed by atoms with Crippen LogP contribution in [0.15, 0.2) is 42.7 Å². The summed E-state index contributed by atoms with van der Waals surface area (Å²) in [6.07, 6.45) is 10.6. The summed E-state index contributed by atoms with van der Waals surface area (Å²) in [5, 5.41) is 0. The first-order chi connectivity index (χ1) is 10.9. The Morgan fingerprint density at radius 3 is 2.64 bits per heavy atom. The number of piperazine rings is 1. The molecule has 0 aromatic heterocycles. The van der Waals surface area contributed by atoms with Gasteiger partial charge in [0.15, 0.2) is 5.72 Å². The molecule has 0 unspecified atom stereocenters. The van der Waals surface area contributed by atoms with Gasteiger partial charge in [0, 0.05) is 44.2 Å². The molecular formula is C19H26N2O. The van der Waals surface area contributed by atoms with Crippen LogP contribution in [-0.4, -0.2) is 36.8 Å². The number of hydrogen-bond acceptors (Lipinski definition) is 3. The zero-order valence-electron chi connectivity index (χ0n) is 13.3. The normalized spacial score (nSPS) is 32.4. The van der Waals surface area contributed by atoms with E-state index in [1.54, 1.807) is 0 Å². The number of allylic oxidation sites excluding steroid dienone is 1. The summed E-state index contributed by atoms with van der Waals surface area (Å²) in [5.74, 6) is 0.689. The lowest BCUT2D eigenvalue weighted by molar-refractivity contribution is -0.182. The molecule has 22 heavy (non-hydrogen) atoms. The fourth-order valence-electron chi connectivity index (χ4n) is 4.51. The van der Waals surface area contributed by atoms with Crippen LogP contribution in [0.4, 0.5) is 5.69 Å². The fourth-order valence-corrected chi connectivity index (χ4v) is 4.51. The summed E-state index contributed by atoms with van der Waals surface area (Å²) < 4.78 is 6.28. The predicted octanol–water partition coefficient (Wildman–Crippen LogP) is 3.63. The fraction of sp³-hybridized carbons (Fsp3) is 0.579. The van der Waals surface area contributed by atoms with Gasteiger partial charge in [-0.05, 0) is 37.5 Å². The molecule has 0 N–H and O–H groups in total. The lowest BCUT2D eigenvalue weighted by Crippen LogP contribution is -2.62. The van der Waals surface area contributed by atoms with E-state index in [9.17, 15) is 0 Å². The minimum Gasteiger partial charge on any atom is -0.480 e. The molecule has 0 spiro atoms. The standard InChI is InChI=1S/C19H26N2O/c1-2-9-18(10-3-1)20-12-14-21(15-13-20)19-11-5-4-7-17(19)8-6-16-22-19/h1-3,6,9-10,16-17H,4-5,7-8,11-15H2/t17-,19+/m1/s1. The average molecular weight is 298 g/mol. The number of ether oxygens (including phenoxy) is 1. The molecule has 1 aliphatic carbocycles. The molecule has 0 radical (unpaired) electrons. The molecule has 1 saturated heterocycles. The smallest absolute Gasteiger partial charge is 0.165 e. The molecular weight excluding hydrogens is 272 g/mol. The van der Waals surface area contributed by atoms with E-state index in [1.165, 1.54) is 37.8 Å². The van der Waals surface area contributed by atoms with E-state index in [0.29, 0.717) is 5.92 Å². The van der Waals surface area contributed by atoms with Crippen molar-refractivity contribution in [3.8, 4) is 0 Å². The summed E-state index contributed by atoms with van der Waals surface area (Å²) in [7, 11) is 0. The lowest BCUT2D eigenvalue weighted by atomic mass is 9.77. The second-order valence-corrected chi connectivity index (χ2v) is 6.82. The first-order valence-electron chi connectivity index (χ1n) is 8.76. The van der Waals surface area contributed by atoms with E-state index < -0.39 is 0 Å². The lowest BCUT2D eigenvalue weighted by Gasteiger charge is -2.53. The Hall–Kier alpha value is -1.48. The van der Waals surface area contributed by atoms with Gasteiger partial charge in [-0.1, -0.05) is 24.6 Å². The maximum atomic E-state index is 6.28. The maximum absolute atomic E-state index is 6.28. The first kappa shape index (κ1) is 14.1. The summed E-state index contributed by atoms with van der Waals surface area (Å²) in [5.41, 5.74) is 1.35. The Kier molecular flexibility index (Phi) is 3.83. The minimum absolute atomic E-state index is 0.00419. The Morgan fingerprint density at radius 1 is 1.00 bits per heavy atom. The molecule has 0 amide bonds. The van der Waals surface area contributed by atoms with Gasteiger partial charge < -0.3 is 9.64 Å². The van der Waals surface area contributed by atoms with Gasteiger partial charge in [0.2, 0.25) is 0 Å². The molecule has 2 atom stereocenters. The van der Waals surface area contributed by atoms with Gasteiger partial charge >= 0.3 is 0 Å². The zero-order valence-corrected chi connectivity index (χ0v) is 13.3. The van der Waals surface area contributed by atoms with E-state index in [0.717, 1.165) is 26.2 Å². The van der Waals surface area contributed by atoms with Crippen LogP contribution in [-0.2, 0) is 4.74 Å². The van der Waals surface area contributed by atoms with E-state index in [1.807, 2.05) is 6.26 Å². The van der Waals surface area contributed by atoms with Gasteiger partial charge in [0.05, 0.1) is 6.26 Å². The van der Waals surface area contributed by atoms with Crippen LogP contribution in [0.2, 0.25) is 0 Å². The summed E-state index contributed by atoms with van der Waals surface area (Å²) in [6, 6.07) is 10.8. The molecule has 1 aromatic rings. The van der Waals surface area contributed by atoms with E-state index in [2.05, 4.69) is 46.2 Å². The molecule has 1 saturated carbocycles. The van der Waals surface area contributed by atoms with Crippen LogP contribution in [0.25, 0.3) is 0 Å². The third-order valence-corrected chi connectivity index (χ3v) is 5.70. The van der Waals surface area contributed by atoms with Crippen LogP contribution >= 0.6 is 0 Å². The summed E-state index contributed by atoms with van der Waals surface area (Å²) in [6.45, 7) is 4.43. The topological polar surface area (TPSA) is 15.7 Å². The van der Waals surface area contributed by atoms with E-state index in [4.69, 9.17) is 4.74 Å². The Labute approximate surface area is 133 Å². The van der Waals surface area contributed by atoms with Crippen molar-refractivity contribution in [2.45, 2.75) is 37.8 Å². The number of benzene rings is 1. The minimum atomic E-state index is -0.00419. The number of hydrogen-bond donors (Lipinski definition) is 0. The van der Waals surface area contributed by atoms with Crippen molar-refractivity contribution in [1.82, 2.24) is 4.90 Å². The highest BCUT2D eigenvalue weighted by Crippen LogP contribution is 2.44. The van der Waals surface area contributed by atoms with Crippen molar-refractivity contribution in [2.75, 3.05) is 31.1 Å². The molecule has 3 heteroatoms. The average Bonchev–Trinajstić information content (AvgIpc) is 2.62.